The van der Waals surface area contributed by atoms with Gasteiger partial charge in [-0.05, 0) is 36.2 Å². The second kappa shape index (κ2) is 9.32. The highest BCUT2D eigenvalue weighted by Gasteiger charge is 2.45. The van der Waals surface area contributed by atoms with E-state index in [9.17, 15) is 20.4 Å². The van der Waals surface area contributed by atoms with Crippen molar-refractivity contribution in [3.63, 3.8) is 0 Å². The summed E-state index contributed by atoms with van der Waals surface area (Å²) >= 11 is 6.66. The van der Waals surface area contributed by atoms with Crippen LogP contribution < -0.4 is 9.47 Å². The minimum atomic E-state index is -1.47. The second-order valence-electron chi connectivity index (χ2n) is 7.85. The molecule has 2 aromatic rings. The van der Waals surface area contributed by atoms with Crippen molar-refractivity contribution in [3.8, 4) is 11.5 Å². The van der Waals surface area contributed by atoms with E-state index in [-0.39, 0.29) is 0 Å². The van der Waals surface area contributed by atoms with Crippen molar-refractivity contribution in [2.24, 2.45) is 0 Å². The van der Waals surface area contributed by atoms with E-state index in [2.05, 4.69) is 0 Å². The lowest BCUT2D eigenvalue weighted by atomic mass is 9.88. The van der Waals surface area contributed by atoms with Gasteiger partial charge in [-0.1, -0.05) is 23.7 Å². The number of hydrogen-bond acceptors (Lipinski definition) is 7. The zero-order valence-corrected chi connectivity index (χ0v) is 18.0. The maximum Gasteiger partial charge on any atom is 0.127 e. The molecule has 7 nitrogen and oxygen atoms in total. The Bertz CT molecular complexity index is 915. The highest BCUT2D eigenvalue weighted by atomic mass is 35.5. The Hall–Kier alpha value is -1.87. The van der Waals surface area contributed by atoms with Gasteiger partial charge in [0.05, 0.1) is 24.8 Å². The zero-order valence-electron chi connectivity index (χ0n) is 17.2. The van der Waals surface area contributed by atoms with Crippen LogP contribution in [0.3, 0.4) is 0 Å². The maximum absolute atomic E-state index is 10.6. The first-order valence-corrected chi connectivity index (χ1v) is 10.8. The van der Waals surface area contributed by atoms with Gasteiger partial charge in [-0.25, -0.2) is 0 Å². The molecule has 1 fully saturated rings. The maximum atomic E-state index is 10.6. The van der Waals surface area contributed by atoms with Crippen molar-refractivity contribution >= 4 is 11.6 Å². The molecule has 8 heteroatoms. The summed E-state index contributed by atoms with van der Waals surface area (Å²) in [6, 6.07) is 9.60. The molecule has 2 heterocycles. The fourth-order valence-corrected chi connectivity index (χ4v) is 4.57. The Balaban J connectivity index is 1.69. The number of benzene rings is 2. The molecule has 0 amide bonds. The predicted octanol–water partition coefficient (Wildman–Crippen LogP) is 1.78. The molecule has 0 aliphatic carbocycles. The summed E-state index contributed by atoms with van der Waals surface area (Å²) in [5, 5.41) is 40.8. The van der Waals surface area contributed by atoms with Crippen molar-refractivity contribution in [1.82, 2.24) is 0 Å². The minimum absolute atomic E-state index is 0.410. The summed E-state index contributed by atoms with van der Waals surface area (Å²) in [7, 11) is 0. The number of aliphatic hydroxyl groups excluding tert-OH is 4. The smallest absolute Gasteiger partial charge is 0.127 e. The standard InChI is InChI=1S/C23H27ClO7/c1-2-29-14-5-3-12(4-6-14)9-13-10-16(18(24)15-7-8-30-22(13)15)23-21(28)20(27)19(26)17(11-25)31-23/h3-6,10,17,19-21,23,25-28H,2,7-9,11H2,1H3/t17-,19+,20+,21+,23+/m1/s1. The van der Waals surface area contributed by atoms with Crippen LogP contribution in [0.1, 0.15) is 35.3 Å². The molecule has 4 rings (SSSR count). The van der Waals surface area contributed by atoms with Gasteiger partial charge in [0, 0.05) is 24.0 Å². The van der Waals surface area contributed by atoms with Crippen molar-refractivity contribution in [2.45, 2.75) is 50.3 Å². The number of fused-ring (bicyclic) bond motifs is 1. The quantitative estimate of drug-likeness (QED) is 0.531. The molecule has 0 unspecified atom stereocenters. The minimum Gasteiger partial charge on any atom is -0.494 e. The van der Waals surface area contributed by atoms with Crippen molar-refractivity contribution in [1.29, 1.82) is 0 Å². The topological polar surface area (TPSA) is 109 Å². The molecule has 31 heavy (non-hydrogen) atoms. The Labute approximate surface area is 185 Å². The summed E-state index contributed by atoms with van der Waals surface area (Å²) in [4.78, 5) is 0. The van der Waals surface area contributed by atoms with Crippen LogP contribution in [0.15, 0.2) is 30.3 Å². The van der Waals surface area contributed by atoms with Crippen LogP contribution in [-0.4, -0.2) is 64.7 Å². The zero-order chi connectivity index (χ0) is 22.1. The van der Waals surface area contributed by atoms with Gasteiger partial charge >= 0.3 is 0 Å². The molecule has 168 valence electrons. The third-order valence-corrected chi connectivity index (χ3v) is 6.29. The molecule has 5 atom stereocenters. The fourth-order valence-electron chi connectivity index (χ4n) is 4.23. The third kappa shape index (κ3) is 4.26. The highest BCUT2D eigenvalue weighted by Crippen LogP contribution is 2.44. The Morgan fingerprint density at radius 2 is 1.84 bits per heavy atom. The number of aliphatic hydroxyl groups is 4. The van der Waals surface area contributed by atoms with E-state index in [1.54, 1.807) is 0 Å². The molecule has 0 radical (unpaired) electrons. The van der Waals surface area contributed by atoms with Crippen LogP contribution in [0.5, 0.6) is 11.5 Å². The first kappa shape index (κ1) is 22.3. The lowest BCUT2D eigenvalue weighted by molar-refractivity contribution is -0.231. The Kier molecular flexibility index (Phi) is 6.71. The highest BCUT2D eigenvalue weighted by molar-refractivity contribution is 6.32. The van der Waals surface area contributed by atoms with E-state index >= 15 is 0 Å². The molecule has 0 spiro atoms. The van der Waals surface area contributed by atoms with Gasteiger partial charge in [0.2, 0.25) is 0 Å². The molecule has 2 aliphatic rings. The Morgan fingerprint density at radius 3 is 2.52 bits per heavy atom. The number of rotatable bonds is 6. The molecule has 0 saturated carbocycles. The average Bonchev–Trinajstić information content (AvgIpc) is 3.27. The SMILES string of the molecule is CCOc1ccc(Cc2cc([C@@H]3O[C@H](CO)[C@H](O)[C@H](O)[C@@H]3O)c(Cl)c3c2OCC3)cc1. The van der Waals surface area contributed by atoms with Crippen LogP contribution in [0.4, 0.5) is 0 Å². The molecule has 0 bridgehead atoms. The largest absolute Gasteiger partial charge is 0.494 e. The van der Waals surface area contributed by atoms with E-state index in [0.29, 0.717) is 36.6 Å². The first-order chi connectivity index (χ1) is 14.9. The van der Waals surface area contributed by atoms with Gasteiger partial charge in [-0.3, -0.25) is 0 Å². The van der Waals surface area contributed by atoms with E-state index in [1.165, 1.54) is 0 Å². The lowest BCUT2D eigenvalue weighted by Crippen LogP contribution is -2.55. The summed E-state index contributed by atoms with van der Waals surface area (Å²) in [5.41, 5.74) is 3.26. The van der Waals surface area contributed by atoms with Crippen molar-refractivity contribution < 1.29 is 34.6 Å². The molecule has 0 aromatic heterocycles. The van der Waals surface area contributed by atoms with Crippen LogP contribution in [0.25, 0.3) is 0 Å². The first-order valence-electron chi connectivity index (χ1n) is 10.4. The average molecular weight is 451 g/mol. The van der Waals surface area contributed by atoms with Gasteiger partial charge in [0.15, 0.2) is 0 Å². The Morgan fingerprint density at radius 1 is 1.10 bits per heavy atom. The van der Waals surface area contributed by atoms with E-state index in [0.717, 1.165) is 28.2 Å². The molecule has 1 saturated heterocycles. The summed E-state index contributed by atoms with van der Waals surface area (Å²) < 4.78 is 17.1. The monoisotopic (exact) mass is 450 g/mol. The van der Waals surface area contributed by atoms with Gasteiger partial charge in [0.25, 0.3) is 0 Å². The predicted molar refractivity (Wildman–Crippen MR) is 114 cm³/mol. The van der Waals surface area contributed by atoms with Crippen LogP contribution in [-0.2, 0) is 17.6 Å². The van der Waals surface area contributed by atoms with E-state index in [4.69, 9.17) is 25.8 Å². The number of hydrogen-bond donors (Lipinski definition) is 4. The third-order valence-electron chi connectivity index (χ3n) is 5.84. The van der Waals surface area contributed by atoms with E-state index < -0.39 is 37.1 Å². The lowest BCUT2D eigenvalue weighted by Gasteiger charge is -2.40. The van der Waals surface area contributed by atoms with Crippen molar-refractivity contribution in [2.75, 3.05) is 19.8 Å². The molecular weight excluding hydrogens is 424 g/mol. The van der Waals surface area contributed by atoms with Gasteiger partial charge < -0.3 is 34.6 Å². The van der Waals surface area contributed by atoms with Gasteiger partial charge in [-0.15, -0.1) is 0 Å². The van der Waals surface area contributed by atoms with Crippen LogP contribution in [0, 0.1) is 0 Å². The molecule has 2 aliphatic heterocycles. The van der Waals surface area contributed by atoms with Crippen molar-refractivity contribution in [3.05, 3.63) is 57.6 Å². The van der Waals surface area contributed by atoms with Gasteiger partial charge in [-0.2, -0.15) is 0 Å². The number of ether oxygens (including phenoxy) is 3. The fraction of sp³-hybridized carbons (Fsp3) is 0.478. The molecule has 2 aromatic carbocycles. The van der Waals surface area contributed by atoms with Gasteiger partial charge in [0.1, 0.15) is 42.0 Å². The normalized spacial score (nSPS) is 27.6. The summed E-state index contributed by atoms with van der Waals surface area (Å²) in [6.45, 7) is 2.54. The van der Waals surface area contributed by atoms with Crippen LogP contribution in [0.2, 0.25) is 5.02 Å². The molecule has 4 N–H and O–H groups in total. The van der Waals surface area contributed by atoms with Crippen LogP contribution >= 0.6 is 11.6 Å². The number of halogens is 1. The second-order valence-corrected chi connectivity index (χ2v) is 8.23. The van der Waals surface area contributed by atoms with E-state index in [1.807, 2.05) is 37.3 Å². The molecular formula is C23H27ClO7. The summed E-state index contributed by atoms with van der Waals surface area (Å²) in [6.07, 6.45) is -5.09. The summed E-state index contributed by atoms with van der Waals surface area (Å²) in [5.74, 6) is 1.53.